The fourth-order valence-corrected chi connectivity index (χ4v) is 2.60. The number of halogens is 1. The lowest BCUT2D eigenvalue weighted by atomic mass is 10.1. The van der Waals surface area contributed by atoms with E-state index in [9.17, 15) is 0 Å². The van der Waals surface area contributed by atoms with E-state index in [1.54, 1.807) is 0 Å². The van der Waals surface area contributed by atoms with Gasteiger partial charge in [-0.2, -0.15) is 0 Å². The van der Waals surface area contributed by atoms with E-state index >= 15 is 0 Å². The Morgan fingerprint density at radius 3 is 2.14 bits per heavy atom. The van der Waals surface area contributed by atoms with Gasteiger partial charge in [0.05, 0.1) is 0 Å². The lowest BCUT2D eigenvalue weighted by molar-refractivity contribution is 0.124. The van der Waals surface area contributed by atoms with E-state index in [-0.39, 0.29) is 29.5 Å². The van der Waals surface area contributed by atoms with E-state index in [1.807, 2.05) is 7.05 Å². The minimum absolute atomic E-state index is 0. The molecule has 0 aromatic carbocycles. The highest BCUT2D eigenvalue weighted by molar-refractivity contribution is 14.0. The molecule has 0 saturated carbocycles. The van der Waals surface area contributed by atoms with Crippen LogP contribution in [-0.2, 0) is 0 Å². The third-order valence-electron chi connectivity index (χ3n) is 3.82. The maximum absolute atomic E-state index is 4.29. The molecule has 0 amide bonds. The van der Waals surface area contributed by atoms with Crippen molar-refractivity contribution in [1.82, 2.24) is 20.4 Å². The van der Waals surface area contributed by atoms with Crippen molar-refractivity contribution >= 4 is 29.9 Å². The van der Waals surface area contributed by atoms with Gasteiger partial charge in [-0.1, -0.05) is 13.8 Å². The van der Waals surface area contributed by atoms with Gasteiger partial charge in [-0.3, -0.25) is 4.99 Å². The van der Waals surface area contributed by atoms with Gasteiger partial charge in [0, 0.05) is 51.9 Å². The van der Waals surface area contributed by atoms with E-state index in [0.29, 0.717) is 5.92 Å². The lowest BCUT2D eigenvalue weighted by Gasteiger charge is -2.35. The number of hydrogen-bond acceptors (Lipinski definition) is 3. The predicted octanol–water partition coefficient (Wildman–Crippen LogP) is 1.84. The zero-order valence-electron chi connectivity index (χ0n) is 15.3. The van der Waals surface area contributed by atoms with Gasteiger partial charge in [0.1, 0.15) is 0 Å². The van der Waals surface area contributed by atoms with Crippen molar-refractivity contribution in [3.05, 3.63) is 0 Å². The van der Waals surface area contributed by atoms with Crippen LogP contribution >= 0.6 is 24.0 Å². The Balaban J connectivity index is 0.00000441. The van der Waals surface area contributed by atoms with Crippen molar-refractivity contribution in [3.8, 4) is 0 Å². The molecule has 1 atom stereocenters. The van der Waals surface area contributed by atoms with Crippen LogP contribution in [0.3, 0.4) is 0 Å². The molecule has 22 heavy (non-hydrogen) atoms. The fraction of sp³-hybridized carbons (Fsp3) is 0.938. The normalized spacial score (nSPS) is 19.5. The summed E-state index contributed by atoms with van der Waals surface area (Å²) in [4.78, 5) is 9.39. The van der Waals surface area contributed by atoms with Gasteiger partial charge in [-0.25, -0.2) is 0 Å². The number of nitrogens with one attached hydrogen (secondary N) is 2. The third kappa shape index (κ3) is 9.15. The molecular weight excluding hydrogens is 389 g/mol. The summed E-state index contributed by atoms with van der Waals surface area (Å²) < 4.78 is 0. The Bertz CT molecular complexity index is 319. The maximum atomic E-state index is 4.29. The Hall–Kier alpha value is -0.0800. The molecule has 6 heteroatoms. The molecule has 1 aliphatic heterocycles. The Labute approximate surface area is 154 Å². The predicted molar refractivity (Wildman–Crippen MR) is 107 cm³/mol. The highest BCUT2D eigenvalue weighted by Gasteiger charge is 2.18. The highest BCUT2D eigenvalue weighted by atomic mass is 127. The second-order valence-electron chi connectivity index (χ2n) is 7.17. The quantitative estimate of drug-likeness (QED) is 0.401. The van der Waals surface area contributed by atoms with Crippen molar-refractivity contribution in [2.24, 2.45) is 10.9 Å². The van der Waals surface area contributed by atoms with Crippen LogP contribution in [0.15, 0.2) is 4.99 Å². The van der Waals surface area contributed by atoms with Gasteiger partial charge < -0.3 is 20.4 Å². The van der Waals surface area contributed by atoms with Crippen molar-refractivity contribution in [2.45, 2.75) is 40.2 Å². The standard InChI is InChI=1S/C16H35N5.HI/c1-7-20-8-10-21(11-9-20)13-14(2)12-18-15(17-6)19-16(3,4)5;/h14H,7-13H2,1-6H3,(H2,17,18,19);1H. The molecule has 1 unspecified atom stereocenters. The van der Waals surface area contributed by atoms with Crippen LogP contribution in [0.5, 0.6) is 0 Å². The second kappa shape index (κ2) is 10.6. The monoisotopic (exact) mass is 425 g/mol. The summed E-state index contributed by atoms with van der Waals surface area (Å²) in [6, 6.07) is 0. The van der Waals surface area contributed by atoms with Crippen molar-refractivity contribution in [2.75, 3.05) is 52.9 Å². The van der Waals surface area contributed by atoms with Gasteiger partial charge in [0.15, 0.2) is 5.96 Å². The molecule has 1 rings (SSSR count). The fourth-order valence-electron chi connectivity index (χ4n) is 2.60. The SMILES string of the molecule is CCN1CCN(CC(C)CNC(=NC)NC(C)(C)C)CC1.I. The summed E-state index contributed by atoms with van der Waals surface area (Å²) in [5.74, 6) is 1.52. The molecule has 0 aromatic rings. The van der Waals surface area contributed by atoms with E-state index < -0.39 is 0 Å². The summed E-state index contributed by atoms with van der Waals surface area (Å²) in [6.45, 7) is 19.1. The van der Waals surface area contributed by atoms with Crippen LogP contribution in [0.4, 0.5) is 0 Å². The van der Waals surface area contributed by atoms with Gasteiger partial charge in [-0.15, -0.1) is 24.0 Å². The smallest absolute Gasteiger partial charge is 0.191 e. The number of nitrogens with zero attached hydrogens (tertiary/aromatic N) is 3. The van der Waals surface area contributed by atoms with Gasteiger partial charge >= 0.3 is 0 Å². The molecule has 0 spiro atoms. The summed E-state index contributed by atoms with van der Waals surface area (Å²) in [7, 11) is 1.83. The number of hydrogen-bond donors (Lipinski definition) is 2. The first-order valence-corrected chi connectivity index (χ1v) is 8.27. The second-order valence-corrected chi connectivity index (χ2v) is 7.17. The van der Waals surface area contributed by atoms with E-state index in [0.717, 1.165) is 19.0 Å². The van der Waals surface area contributed by atoms with Crippen LogP contribution in [0.1, 0.15) is 34.6 Å². The molecule has 0 aromatic heterocycles. The molecule has 0 radical (unpaired) electrons. The minimum Gasteiger partial charge on any atom is -0.356 e. The number of guanidine groups is 1. The largest absolute Gasteiger partial charge is 0.356 e. The van der Waals surface area contributed by atoms with Crippen molar-refractivity contribution in [1.29, 1.82) is 0 Å². The zero-order valence-corrected chi connectivity index (χ0v) is 17.6. The van der Waals surface area contributed by atoms with E-state index in [2.05, 4.69) is 60.0 Å². The topological polar surface area (TPSA) is 42.9 Å². The Morgan fingerprint density at radius 2 is 1.68 bits per heavy atom. The summed E-state index contributed by atoms with van der Waals surface area (Å²) in [5, 5.41) is 6.83. The summed E-state index contributed by atoms with van der Waals surface area (Å²) in [6.07, 6.45) is 0. The van der Waals surface area contributed by atoms with E-state index in [1.165, 1.54) is 32.7 Å². The lowest BCUT2D eigenvalue weighted by Crippen LogP contribution is -2.50. The number of piperazine rings is 1. The first-order valence-electron chi connectivity index (χ1n) is 8.27. The molecule has 132 valence electrons. The Kier molecular flexibility index (Phi) is 10.6. The molecule has 1 saturated heterocycles. The van der Waals surface area contributed by atoms with Crippen LogP contribution in [0, 0.1) is 5.92 Å². The van der Waals surface area contributed by atoms with E-state index in [4.69, 9.17) is 0 Å². The van der Waals surface area contributed by atoms with Crippen LogP contribution < -0.4 is 10.6 Å². The number of likely N-dealkylation sites (N-methyl/N-ethyl adjacent to an activating group) is 1. The zero-order chi connectivity index (χ0) is 15.9. The van der Waals surface area contributed by atoms with Crippen LogP contribution in [0.25, 0.3) is 0 Å². The first kappa shape index (κ1) is 21.9. The van der Waals surface area contributed by atoms with Crippen LogP contribution in [0.2, 0.25) is 0 Å². The molecule has 1 fully saturated rings. The number of aliphatic imine (C=N–C) groups is 1. The third-order valence-corrected chi connectivity index (χ3v) is 3.82. The summed E-state index contributed by atoms with van der Waals surface area (Å²) >= 11 is 0. The maximum Gasteiger partial charge on any atom is 0.191 e. The van der Waals surface area contributed by atoms with Gasteiger partial charge in [-0.05, 0) is 33.2 Å². The average Bonchev–Trinajstić information content (AvgIpc) is 2.43. The van der Waals surface area contributed by atoms with Gasteiger partial charge in [0.25, 0.3) is 0 Å². The minimum atomic E-state index is 0. The summed E-state index contributed by atoms with van der Waals surface area (Å²) in [5.41, 5.74) is 0.0432. The molecule has 1 heterocycles. The van der Waals surface area contributed by atoms with Crippen LogP contribution in [-0.4, -0.2) is 74.2 Å². The molecule has 1 aliphatic rings. The molecule has 5 nitrogen and oxygen atoms in total. The highest BCUT2D eigenvalue weighted by Crippen LogP contribution is 2.05. The average molecular weight is 425 g/mol. The van der Waals surface area contributed by atoms with Crippen molar-refractivity contribution < 1.29 is 0 Å². The molecular formula is C16H36IN5. The van der Waals surface area contributed by atoms with Crippen molar-refractivity contribution in [3.63, 3.8) is 0 Å². The molecule has 2 N–H and O–H groups in total. The van der Waals surface area contributed by atoms with Gasteiger partial charge in [0.2, 0.25) is 0 Å². The number of rotatable bonds is 5. The molecule has 0 bridgehead atoms. The molecule has 0 aliphatic carbocycles. The Morgan fingerprint density at radius 1 is 1.14 bits per heavy atom. The first-order chi connectivity index (χ1) is 9.84.